The van der Waals surface area contributed by atoms with Gasteiger partial charge < -0.3 is 9.47 Å². The first-order valence-electron chi connectivity index (χ1n) is 7.15. The van der Waals surface area contributed by atoms with Crippen LogP contribution in [0.2, 0.25) is 5.02 Å². The summed E-state index contributed by atoms with van der Waals surface area (Å²) in [6, 6.07) is 14.2. The molecule has 0 amide bonds. The van der Waals surface area contributed by atoms with E-state index in [0.717, 1.165) is 5.56 Å². The SMILES string of the molecule is COc1ccccc1OCC(=O)O[NH+]=C(N)Cc1ccc(Cl)cc1. The van der Waals surface area contributed by atoms with Gasteiger partial charge in [0.2, 0.25) is 0 Å². The lowest BCUT2D eigenvalue weighted by Crippen LogP contribution is -2.76. The van der Waals surface area contributed by atoms with E-state index >= 15 is 0 Å². The van der Waals surface area contributed by atoms with Gasteiger partial charge in [0.05, 0.1) is 13.5 Å². The quantitative estimate of drug-likeness (QED) is 0.335. The maximum Gasteiger partial charge on any atom is 0.394 e. The number of para-hydroxylation sites is 2. The summed E-state index contributed by atoms with van der Waals surface area (Å²) >= 11 is 5.81. The number of hydrogen-bond acceptors (Lipinski definition) is 4. The Balaban J connectivity index is 1.82. The van der Waals surface area contributed by atoms with E-state index in [0.29, 0.717) is 28.8 Å². The lowest BCUT2D eigenvalue weighted by Gasteiger charge is -2.08. The van der Waals surface area contributed by atoms with E-state index in [4.69, 9.17) is 31.6 Å². The van der Waals surface area contributed by atoms with E-state index in [1.165, 1.54) is 7.11 Å². The van der Waals surface area contributed by atoms with Gasteiger partial charge in [0, 0.05) is 5.02 Å². The Bertz CT molecular complexity index is 717. The molecule has 0 unspecified atom stereocenters. The number of rotatable bonds is 7. The third kappa shape index (κ3) is 5.48. The summed E-state index contributed by atoms with van der Waals surface area (Å²) in [5.41, 5.74) is 6.72. The van der Waals surface area contributed by atoms with E-state index < -0.39 is 5.97 Å². The second-order valence-electron chi connectivity index (χ2n) is 4.84. The standard InChI is InChI=1S/C17H17ClN2O4/c1-22-14-4-2-3-5-15(14)23-11-17(21)24-20-16(19)10-12-6-8-13(18)9-7-12/h2-9H,10-11H2,1H3,(H2,19,20)/p+1. The zero-order valence-corrected chi connectivity index (χ0v) is 13.9. The smallest absolute Gasteiger partial charge is 0.394 e. The van der Waals surface area contributed by atoms with Crippen LogP contribution in [0, 0.1) is 0 Å². The molecule has 0 atom stereocenters. The average Bonchev–Trinajstić information content (AvgIpc) is 2.60. The van der Waals surface area contributed by atoms with Crippen molar-refractivity contribution in [3.05, 3.63) is 59.1 Å². The maximum absolute atomic E-state index is 11.7. The maximum atomic E-state index is 11.7. The zero-order chi connectivity index (χ0) is 17.4. The molecule has 24 heavy (non-hydrogen) atoms. The third-order valence-electron chi connectivity index (χ3n) is 3.02. The number of amidine groups is 1. The van der Waals surface area contributed by atoms with Gasteiger partial charge in [0.25, 0.3) is 5.84 Å². The highest BCUT2D eigenvalue weighted by atomic mass is 35.5. The van der Waals surface area contributed by atoms with Gasteiger partial charge in [0.15, 0.2) is 18.1 Å². The van der Waals surface area contributed by atoms with Crippen LogP contribution in [0.25, 0.3) is 0 Å². The summed E-state index contributed by atoms with van der Waals surface area (Å²) in [5, 5.41) is 3.05. The molecule has 0 heterocycles. The van der Waals surface area contributed by atoms with Crippen molar-refractivity contribution in [2.45, 2.75) is 6.42 Å². The van der Waals surface area contributed by atoms with Crippen molar-refractivity contribution in [3.63, 3.8) is 0 Å². The van der Waals surface area contributed by atoms with Gasteiger partial charge in [-0.3, -0.25) is 10.6 Å². The number of carbonyl (C=O) groups is 1. The largest absolute Gasteiger partial charge is 0.493 e. The first-order valence-corrected chi connectivity index (χ1v) is 7.53. The fraction of sp³-hybridized carbons (Fsp3) is 0.176. The molecule has 2 aromatic rings. The molecular weight excluding hydrogens is 332 g/mol. The molecule has 2 rings (SSSR count). The van der Waals surface area contributed by atoms with E-state index in [1.54, 1.807) is 36.4 Å². The lowest BCUT2D eigenvalue weighted by atomic mass is 10.1. The highest BCUT2D eigenvalue weighted by Crippen LogP contribution is 2.25. The predicted octanol–water partition coefficient (Wildman–Crippen LogP) is 0.866. The van der Waals surface area contributed by atoms with Crippen molar-refractivity contribution in [3.8, 4) is 11.5 Å². The van der Waals surface area contributed by atoms with E-state index in [1.807, 2.05) is 12.1 Å². The van der Waals surface area contributed by atoms with E-state index in [-0.39, 0.29) is 6.61 Å². The summed E-state index contributed by atoms with van der Waals surface area (Å²) in [6.07, 6.45) is 0.401. The van der Waals surface area contributed by atoms with Crippen molar-refractivity contribution in [1.29, 1.82) is 0 Å². The van der Waals surface area contributed by atoms with Crippen molar-refractivity contribution in [1.82, 2.24) is 0 Å². The molecule has 6 nitrogen and oxygen atoms in total. The summed E-state index contributed by atoms with van der Waals surface area (Å²) < 4.78 is 10.5. The van der Waals surface area contributed by atoms with Crippen molar-refractivity contribution in [2.75, 3.05) is 13.7 Å². The van der Waals surface area contributed by atoms with Crippen LogP contribution in [0.15, 0.2) is 48.5 Å². The fourth-order valence-electron chi connectivity index (χ4n) is 1.88. The van der Waals surface area contributed by atoms with Crippen LogP contribution < -0.4 is 20.4 Å². The number of hydrogen-bond donors (Lipinski definition) is 2. The van der Waals surface area contributed by atoms with Crippen LogP contribution >= 0.6 is 11.6 Å². The van der Waals surface area contributed by atoms with Crippen LogP contribution in [0.5, 0.6) is 11.5 Å². The Hall–Kier alpha value is -2.73. The highest BCUT2D eigenvalue weighted by Gasteiger charge is 2.10. The lowest BCUT2D eigenvalue weighted by molar-refractivity contribution is -0.725. The molecule has 7 heteroatoms. The Morgan fingerprint density at radius 1 is 1.12 bits per heavy atom. The monoisotopic (exact) mass is 349 g/mol. The van der Waals surface area contributed by atoms with Gasteiger partial charge in [-0.25, -0.2) is 4.79 Å². The number of benzene rings is 2. The normalized spacial score (nSPS) is 11.0. The number of nitrogens with two attached hydrogens (primary N) is 1. The molecule has 0 aliphatic heterocycles. The van der Waals surface area contributed by atoms with Gasteiger partial charge in [-0.05, 0) is 29.8 Å². The first-order chi connectivity index (χ1) is 11.6. The van der Waals surface area contributed by atoms with E-state index in [9.17, 15) is 4.79 Å². The van der Waals surface area contributed by atoms with Crippen molar-refractivity contribution in [2.24, 2.45) is 5.73 Å². The van der Waals surface area contributed by atoms with Crippen molar-refractivity contribution < 1.29 is 24.3 Å². The van der Waals surface area contributed by atoms with Gasteiger partial charge in [-0.1, -0.05) is 41.0 Å². The predicted molar refractivity (Wildman–Crippen MR) is 89.9 cm³/mol. The van der Waals surface area contributed by atoms with Crippen molar-refractivity contribution >= 4 is 23.4 Å². The molecule has 0 fully saturated rings. The second-order valence-corrected chi connectivity index (χ2v) is 5.28. The summed E-state index contributed by atoms with van der Waals surface area (Å²) in [4.78, 5) is 16.5. The number of methoxy groups -OCH3 is 1. The fourth-order valence-corrected chi connectivity index (χ4v) is 2.01. The van der Waals surface area contributed by atoms with E-state index in [2.05, 4.69) is 5.16 Å². The minimum Gasteiger partial charge on any atom is -0.493 e. The molecule has 126 valence electrons. The highest BCUT2D eigenvalue weighted by molar-refractivity contribution is 6.30. The summed E-state index contributed by atoms with van der Waals surface area (Å²) in [7, 11) is 1.52. The van der Waals surface area contributed by atoms with Crippen LogP contribution in [0.4, 0.5) is 0 Å². The molecule has 0 spiro atoms. The number of carbonyl (C=O) groups excluding carboxylic acids is 1. The average molecular weight is 350 g/mol. The van der Waals surface area contributed by atoms with Gasteiger partial charge >= 0.3 is 5.97 Å². The molecule has 0 saturated carbocycles. The first kappa shape index (κ1) is 17.6. The Morgan fingerprint density at radius 3 is 2.46 bits per heavy atom. The third-order valence-corrected chi connectivity index (χ3v) is 3.27. The van der Waals surface area contributed by atoms with Crippen LogP contribution in [0.1, 0.15) is 5.56 Å². The Morgan fingerprint density at radius 2 is 1.79 bits per heavy atom. The summed E-state index contributed by atoms with van der Waals surface area (Å²) in [5.74, 6) is 0.671. The van der Waals surface area contributed by atoms with Gasteiger partial charge in [0.1, 0.15) is 0 Å². The molecule has 0 aliphatic carbocycles. The Labute approximate surface area is 144 Å². The minimum atomic E-state index is -0.611. The Kier molecular flexibility index (Phi) is 6.45. The number of ether oxygens (including phenoxy) is 2. The zero-order valence-electron chi connectivity index (χ0n) is 13.1. The molecule has 0 saturated heterocycles. The topological polar surface area (TPSA) is 84.8 Å². The molecule has 0 bridgehead atoms. The van der Waals surface area contributed by atoms with Gasteiger partial charge in [-0.15, -0.1) is 0 Å². The molecule has 0 aliphatic rings. The van der Waals surface area contributed by atoms with Crippen LogP contribution in [-0.2, 0) is 16.1 Å². The number of halogens is 1. The molecule has 0 aromatic heterocycles. The molecule has 2 aromatic carbocycles. The summed E-state index contributed by atoms with van der Waals surface area (Å²) in [6.45, 7) is -0.276. The molecule has 3 N–H and O–H groups in total. The van der Waals surface area contributed by atoms with Crippen LogP contribution in [0.3, 0.4) is 0 Å². The molecular formula is C17H18ClN2O4+. The number of nitrogens with one attached hydrogen (secondary N) is 1. The second kappa shape index (κ2) is 8.79. The minimum absolute atomic E-state index is 0.276. The molecule has 0 radical (unpaired) electrons. The van der Waals surface area contributed by atoms with Gasteiger partial charge in [-0.2, -0.15) is 0 Å². The van der Waals surface area contributed by atoms with Crippen LogP contribution in [-0.4, -0.2) is 25.5 Å².